The molecule has 20 heavy (non-hydrogen) atoms. The van der Waals surface area contributed by atoms with E-state index in [1.54, 1.807) is 12.1 Å². The van der Waals surface area contributed by atoms with Gasteiger partial charge in [0.2, 0.25) is 0 Å². The van der Waals surface area contributed by atoms with Gasteiger partial charge in [-0.05, 0) is 30.3 Å². The van der Waals surface area contributed by atoms with Crippen molar-refractivity contribution < 1.29 is 14.3 Å². The minimum atomic E-state index is -1.14. The van der Waals surface area contributed by atoms with Gasteiger partial charge >= 0.3 is 5.97 Å². The van der Waals surface area contributed by atoms with Gasteiger partial charge in [0, 0.05) is 5.69 Å². The van der Waals surface area contributed by atoms with Crippen LogP contribution in [0.25, 0.3) is 0 Å². The predicted octanol–water partition coefficient (Wildman–Crippen LogP) is 2.72. The summed E-state index contributed by atoms with van der Waals surface area (Å²) in [6, 6.07) is 9.99. The molecule has 0 bridgehead atoms. The molecule has 0 fully saturated rings. The van der Waals surface area contributed by atoms with Crippen LogP contribution in [0.1, 0.15) is 15.9 Å². The van der Waals surface area contributed by atoms with E-state index in [0.29, 0.717) is 5.69 Å². The lowest BCUT2D eigenvalue weighted by Gasteiger charge is -2.12. The van der Waals surface area contributed by atoms with Crippen LogP contribution in [0.2, 0.25) is 0 Å². The SMILES string of the molecule is N#Cc1cc(Nc2c(N)cccc2C(=O)O)ccc1F. The Hall–Kier alpha value is -3.07. The Morgan fingerprint density at radius 2 is 2.10 bits per heavy atom. The van der Waals surface area contributed by atoms with Gasteiger partial charge in [0.05, 0.1) is 22.5 Å². The van der Waals surface area contributed by atoms with Gasteiger partial charge in [-0.15, -0.1) is 0 Å². The number of nitrogens with zero attached hydrogens (tertiary/aromatic N) is 1. The number of aromatic carboxylic acids is 1. The van der Waals surface area contributed by atoms with Crippen molar-refractivity contribution in [2.45, 2.75) is 0 Å². The van der Waals surface area contributed by atoms with Gasteiger partial charge in [-0.3, -0.25) is 0 Å². The maximum atomic E-state index is 13.2. The number of nitrogen functional groups attached to an aromatic ring is 1. The Labute approximate surface area is 114 Å². The van der Waals surface area contributed by atoms with E-state index in [4.69, 9.17) is 16.1 Å². The average Bonchev–Trinajstić information content (AvgIpc) is 2.42. The highest BCUT2D eigenvalue weighted by Crippen LogP contribution is 2.28. The zero-order valence-electron chi connectivity index (χ0n) is 10.2. The summed E-state index contributed by atoms with van der Waals surface area (Å²) in [5.74, 6) is -1.78. The minimum Gasteiger partial charge on any atom is -0.478 e. The average molecular weight is 271 g/mol. The van der Waals surface area contributed by atoms with E-state index in [9.17, 15) is 9.18 Å². The van der Waals surface area contributed by atoms with E-state index in [1.165, 1.54) is 24.3 Å². The highest BCUT2D eigenvalue weighted by molar-refractivity contribution is 5.98. The topological polar surface area (TPSA) is 99.1 Å². The van der Waals surface area contributed by atoms with Crippen molar-refractivity contribution in [1.82, 2.24) is 0 Å². The Morgan fingerprint density at radius 3 is 2.75 bits per heavy atom. The molecule has 6 heteroatoms. The number of carboxylic acids is 1. The molecule has 0 unspecified atom stereocenters. The van der Waals surface area contributed by atoms with Crippen molar-refractivity contribution in [3.05, 3.63) is 53.3 Å². The fourth-order valence-electron chi connectivity index (χ4n) is 1.72. The standard InChI is InChI=1S/C14H10FN3O2/c15-11-5-4-9(6-8(11)7-16)18-13-10(14(19)20)2-1-3-12(13)17/h1-6,18H,17H2,(H,19,20). The summed E-state index contributed by atoms with van der Waals surface area (Å²) in [6.07, 6.45) is 0. The second-order valence-corrected chi connectivity index (χ2v) is 4.01. The number of nitrogens with one attached hydrogen (secondary N) is 1. The summed E-state index contributed by atoms with van der Waals surface area (Å²) < 4.78 is 13.2. The van der Waals surface area contributed by atoms with Crippen LogP contribution in [0, 0.1) is 17.1 Å². The van der Waals surface area contributed by atoms with Crippen molar-refractivity contribution in [3.8, 4) is 6.07 Å². The Kier molecular flexibility index (Phi) is 3.53. The molecule has 0 saturated heterocycles. The highest BCUT2D eigenvalue weighted by Gasteiger charge is 2.13. The third-order valence-corrected chi connectivity index (χ3v) is 2.68. The van der Waals surface area contributed by atoms with Crippen LogP contribution in [-0.4, -0.2) is 11.1 Å². The lowest BCUT2D eigenvalue weighted by atomic mass is 10.1. The fourth-order valence-corrected chi connectivity index (χ4v) is 1.72. The molecule has 0 spiro atoms. The summed E-state index contributed by atoms with van der Waals surface area (Å²) in [6.45, 7) is 0. The lowest BCUT2D eigenvalue weighted by molar-refractivity contribution is 0.0698. The van der Waals surface area contributed by atoms with Crippen LogP contribution in [0.5, 0.6) is 0 Å². The largest absolute Gasteiger partial charge is 0.478 e. The molecule has 4 N–H and O–H groups in total. The molecular weight excluding hydrogens is 261 g/mol. The normalized spacial score (nSPS) is 9.80. The van der Waals surface area contributed by atoms with Gasteiger partial charge in [-0.25, -0.2) is 9.18 Å². The van der Waals surface area contributed by atoms with Crippen molar-refractivity contribution in [2.24, 2.45) is 0 Å². The molecule has 0 heterocycles. The molecule has 2 rings (SSSR count). The third-order valence-electron chi connectivity index (χ3n) is 2.68. The smallest absolute Gasteiger partial charge is 0.337 e. The Balaban J connectivity index is 2.45. The van der Waals surface area contributed by atoms with E-state index >= 15 is 0 Å². The molecule has 0 aliphatic heterocycles. The van der Waals surface area contributed by atoms with Crippen molar-refractivity contribution >= 4 is 23.0 Å². The highest BCUT2D eigenvalue weighted by atomic mass is 19.1. The second kappa shape index (κ2) is 5.28. The Morgan fingerprint density at radius 1 is 1.35 bits per heavy atom. The van der Waals surface area contributed by atoms with Crippen LogP contribution < -0.4 is 11.1 Å². The first kappa shape index (κ1) is 13.4. The van der Waals surface area contributed by atoms with Crippen molar-refractivity contribution in [3.63, 3.8) is 0 Å². The van der Waals surface area contributed by atoms with Crippen LogP contribution in [0.4, 0.5) is 21.5 Å². The summed E-state index contributed by atoms with van der Waals surface area (Å²) in [5, 5.41) is 20.7. The third kappa shape index (κ3) is 2.52. The molecule has 100 valence electrons. The number of carboxylic acid groups (broad SMARTS) is 1. The first-order chi connectivity index (χ1) is 9.52. The first-order valence-electron chi connectivity index (χ1n) is 5.61. The maximum Gasteiger partial charge on any atom is 0.337 e. The van der Waals surface area contributed by atoms with Crippen molar-refractivity contribution in [1.29, 1.82) is 5.26 Å². The lowest BCUT2D eigenvalue weighted by Crippen LogP contribution is -2.06. The maximum absolute atomic E-state index is 13.2. The molecule has 0 aliphatic rings. The van der Waals surface area contributed by atoms with E-state index < -0.39 is 11.8 Å². The number of nitrogens with two attached hydrogens (primary N) is 1. The number of carbonyl (C=O) groups is 1. The molecule has 0 aliphatic carbocycles. The fraction of sp³-hybridized carbons (Fsp3) is 0. The van der Waals surface area contributed by atoms with Gasteiger partial charge in [-0.1, -0.05) is 6.07 Å². The number of hydrogen-bond donors (Lipinski definition) is 3. The molecule has 2 aromatic rings. The zero-order valence-corrected chi connectivity index (χ0v) is 10.2. The van der Waals surface area contributed by atoms with Crippen LogP contribution in [0.3, 0.4) is 0 Å². The monoisotopic (exact) mass is 271 g/mol. The molecule has 2 aromatic carbocycles. The Bertz CT molecular complexity index is 723. The molecule has 0 saturated carbocycles. The van der Waals surface area contributed by atoms with Crippen molar-refractivity contribution in [2.75, 3.05) is 11.1 Å². The molecular formula is C14H10FN3O2. The number of para-hydroxylation sites is 1. The van der Waals surface area contributed by atoms with Crippen LogP contribution in [0.15, 0.2) is 36.4 Å². The quantitative estimate of drug-likeness (QED) is 0.745. The zero-order chi connectivity index (χ0) is 14.7. The van der Waals surface area contributed by atoms with Crippen LogP contribution in [-0.2, 0) is 0 Å². The molecule has 0 atom stereocenters. The molecule has 0 amide bonds. The second-order valence-electron chi connectivity index (χ2n) is 4.01. The van der Waals surface area contributed by atoms with E-state index in [2.05, 4.69) is 5.32 Å². The molecule has 0 aromatic heterocycles. The number of nitriles is 1. The van der Waals surface area contributed by atoms with Gasteiger partial charge in [0.15, 0.2) is 0 Å². The number of benzene rings is 2. The van der Waals surface area contributed by atoms with E-state index in [0.717, 1.165) is 6.07 Å². The molecule has 5 nitrogen and oxygen atoms in total. The summed E-state index contributed by atoms with van der Waals surface area (Å²) in [7, 11) is 0. The summed E-state index contributed by atoms with van der Waals surface area (Å²) in [4.78, 5) is 11.1. The number of anilines is 3. The number of hydrogen-bond acceptors (Lipinski definition) is 4. The van der Waals surface area contributed by atoms with Gasteiger partial charge in [-0.2, -0.15) is 5.26 Å². The van der Waals surface area contributed by atoms with Gasteiger partial charge in [0.1, 0.15) is 11.9 Å². The minimum absolute atomic E-state index is 0.00664. The van der Waals surface area contributed by atoms with E-state index in [1.807, 2.05) is 0 Å². The van der Waals surface area contributed by atoms with Crippen LogP contribution >= 0.6 is 0 Å². The van der Waals surface area contributed by atoms with Gasteiger partial charge in [0.25, 0.3) is 0 Å². The summed E-state index contributed by atoms with van der Waals surface area (Å²) in [5.41, 5.74) is 6.42. The summed E-state index contributed by atoms with van der Waals surface area (Å²) >= 11 is 0. The van der Waals surface area contributed by atoms with E-state index in [-0.39, 0.29) is 22.5 Å². The first-order valence-corrected chi connectivity index (χ1v) is 5.61. The predicted molar refractivity (Wildman–Crippen MR) is 72.2 cm³/mol. The number of rotatable bonds is 3. The molecule has 0 radical (unpaired) electrons. The number of halogens is 1. The van der Waals surface area contributed by atoms with Gasteiger partial charge < -0.3 is 16.2 Å².